The molecule has 0 aromatic rings. The van der Waals surface area contributed by atoms with E-state index < -0.39 is 35.2 Å². The van der Waals surface area contributed by atoms with Crippen molar-refractivity contribution in [1.82, 2.24) is 5.32 Å². The van der Waals surface area contributed by atoms with Crippen molar-refractivity contribution in [3.8, 4) is 0 Å². The summed E-state index contributed by atoms with van der Waals surface area (Å²) in [6.45, 7) is 9.12. The monoisotopic (exact) mass is 549 g/mol. The zero-order valence-corrected chi connectivity index (χ0v) is 24.0. The van der Waals surface area contributed by atoms with Crippen LogP contribution in [0.2, 0.25) is 0 Å². The Morgan fingerprint density at radius 3 is 1.53 bits per heavy atom. The summed E-state index contributed by atoms with van der Waals surface area (Å²) < 4.78 is 11.8. The van der Waals surface area contributed by atoms with Gasteiger partial charge in [0.1, 0.15) is 23.0 Å². The molecular weight excluding hydrogens is 506 g/mol. The van der Waals surface area contributed by atoms with E-state index in [0.29, 0.717) is 12.8 Å². The topological polar surface area (TPSA) is 105 Å². The zero-order chi connectivity index (χ0) is 26.4. The molecule has 3 N–H and O–H groups in total. The van der Waals surface area contributed by atoms with Gasteiger partial charge < -0.3 is 25.0 Å². The van der Waals surface area contributed by atoms with Crippen LogP contribution in [0.1, 0.15) is 91.9 Å². The van der Waals surface area contributed by atoms with Crippen molar-refractivity contribution >= 4 is 24.3 Å². The summed E-state index contributed by atoms with van der Waals surface area (Å²) in [5, 5.41) is 26.9. The van der Waals surface area contributed by atoms with Crippen LogP contribution in [0.15, 0.2) is 22.3 Å². The number of ether oxygens (including phenoxy) is 2. The molecule has 2 saturated carbocycles. The predicted octanol–water partition coefficient (Wildman–Crippen LogP) is 4.14. The van der Waals surface area contributed by atoms with Gasteiger partial charge in [-0.3, -0.25) is 9.59 Å². The maximum atomic E-state index is 13.1. The standard InChI is InChI=1S/C30H43NO6.ClH/c1-17-7-5-9-27(3)11-13-29(34)19(25(32)36-23(29)21(17)27)15-31-16-20-26(33)37-24-22-18(2)8-6-10-28(22,4)12-14-30(20,24)35;/h19-20,23-24,31,34-35H,5-16H2,1-4H3;1H/t19?,20?,23-,24+,27+,28-,29?,30?;. The fourth-order valence-corrected chi connectivity index (χ4v) is 9.10. The second-order valence-electron chi connectivity index (χ2n) is 13.6. The van der Waals surface area contributed by atoms with Gasteiger partial charge in [0.25, 0.3) is 0 Å². The molecule has 6 aliphatic rings. The first kappa shape index (κ1) is 28.1. The molecule has 0 radical (unpaired) electrons. The molecule has 6 rings (SSSR count). The lowest BCUT2D eigenvalue weighted by atomic mass is 9.57. The van der Waals surface area contributed by atoms with Gasteiger partial charge in [0.2, 0.25) is 0 Å². The Morgan fingerprint density at radius 2 is 1.13 bits per heavy atom. The van der Waals surface area contributed by atoms with Gasteiger partial charge in [0.05, 0.1) is 0 Å². The first-order valence-electron chi connectivity index (χ1n) is 14.4. The van der Waals surface area contributed by atoms with Crippen LogP contribution in [0.5, 0.6) is 0 Å². The number of hydrogen-bond donors (Lipinski definition) is 3. The van der Waals surface area contributed by atoms with Crippen molar-refractivity contribution < 1.29 is 29.3 Å². The molecule has 2 aliphatic heterocycles. The second kappa shape index (κ2) is 9.32. The highest BCUT2D eigenvalue weighted by Crippen LogP contribution is 2.58. The van der Waals surface area contributed by atoms with E-state index in [1.54, 1.807) is 0 Å². The molecule has 0 aromatic heterocycles. The molecule has 7 nitrogen and oxygen atoms in total. The number of aliphatic hydroxyl groups is 2. The van der Waals surface area contributed by atoms with Gasteiger partial charge in [0.15, 0.2) is 12.2 Å². The summed E-state index contributed by atoms with van der Waals surface area (Å²) in [5.41, 5.74) is 2.22. The molecule has 2 heterocycles. The van der Waals surface area contributed by atoms with E-state index in [2.05, 4.69) is 33.0 Å². The third kappa shape index (κ3) is 3.86. The van der Waals surface area contributed by atoms with E-state index in [9.17, 15) is 19.8 Å². The summed E-state index contributed by atoms with van der Waals surface area (Å²) in [6.07, 6.45) is 7.89. The Hall–Kier alpha value is -1.41. The van der Waals surface area contributed by atoms with E-state index in [4.69, 9.17) is 9.47 Å². The van der Waals surface area contributed by atoms with Crippen LogP contribution in [-0.2, 0) is 19.1 Å². The lowest BCUT2D eigenvalue weighted by molar-refractivity contribution is -0.144. The molecule has 0 amide bonds. The molecule has 4 fully saturated rings. The minimum Gasteiger partial charge on any atom is -0.454 e. The van der Waals surface area contributed by atoms with Crippen LogP contribution < -0.4 is 5.32 Å². The van der Waals surface area contributed by atoms with Crippen LogP contribution in [0.4, 0.5) is 0 Å². The Morgan fingerprint density at radius 1 is 0.737 bits per heavy atom. The normalized spacial score (nSPS) is 45.9. The van der Waals surface area contributed by atoms with Crippen LogP contribution >= 0.6 is 12.4 Å². The quantitative estimate of drug-likeness (QED) is 0.357. The SMILES string of the molecule is CC1=C2[C@H]3OC(=O)C(CNCC4C(=O)O[C@H]5C6=C(C)CCC[C@]6(C)CCC45O)C3(O)CC[C@]2(C)CCC1.Cl. The van der Waals surface area contributed by atoms with E-state index in [1.165, 1.54) is 11.1 Å². The molecule has 8 heteroatoms. The summed E-state index contributed by atoms with van der Waals surface area (Å²) in [7, 11) is 0. The molecule has 2 saturated heterocycles. The molecule has 212 valence electrons. The minimum absolute atomic E-state index is 0. The Bertz CT molecular complexity index is 1020. The molecular formula is C30H44ClNO6. The van der Waals surface area contributed by atoms with Crippen LogP contribution in [0.3, 0.4) is 0 Å². The minimum atomic E-state index is -1.25. The van der Waals surface area contributed by atoms with Gasteiger partial charge in [-0.15, -0.1) is 12.4 Å². The number of esters is 2. The van der Waals surface area contributed by atoms with Gasteiger partial charge in [0, 0.05) is 13.1 Å². The molecule has 8 atom stereocenters. The van der Waals surface area contributed by atoms with Crippen molar-refractivity contribution in [2.75, 3.05) is 13.1 Å². The summed E-state index contributed by atoms with van der Waals surface area (Å²) in [4.78, 5) is 26.1. The highest BCUT2D eigenvalue weighted by Gasteiger charge is 2.65. The average Bonchev–Trinajstić information content (AvgIpc) is 3.23. The number of carbonyl (C=O) groups excluding carboxylic acids is 2. The highest BCUT2D eigenvalue weighted by molar-refractivity contribution is 5.85. The number of allylic oxidation sites excluding steroid dienone is 2. The molecule has 38 heavy (non-hydrogen) atoms. The maximum Gasteiger partial charge on any atom is 0.314 e. The molecule has 4 unspecified atom stereocenters. The van der Waals surface area contributed by atoms with Crippen molar-refractivity contribution in [2.45, 2.75) is 115 Å². The lowest BCUT2D eigenvalue weighted by Crippen LogP contribution is -2.56. The average molecular weight is 550 g/mol. The Balaban J connectivity index is 0.00000294. The van der Waals surface area contributed by atoms with E-state index in [0.717, 1.165) is 62.5 Å². The Labute approximate surface area is 232 Å². The van der Waals surface area contributed by atoms with Crippen molar-refractivity contribution in [1.29, 1.82) is 0 Å². The number of fused-ring (bicyclic) bond motifs is 6. The smallest absolute Gasteiger partial charge is 0.314 e. The fourth-order valence-electron chi connectivity index (χ4n) is 9.10. The first-order valence-corrected chi connectivity index (χ1v) is 14.4. The fraction of sp³-hybridized carbons (Fsp3) is 0.800. The van der Waals surface area contributed by atoms with Crippen LogP contribution in [0, 0.1) is 22.7 Å². The predicted molar refractivity (Wildman–Crippen MR) is 145 cm³/mol. The highest BCUT2D eigenvalue weighted by atomic mass is 35.5. The first-order chi connectivity index (χ1) is 17.4. The maximum absolute atomic E-state index is 13.1. The van der Waals surface area contributed by atoms with Crippen molar-refractivity contribution in [3.63, 3.8) is 0 Å². The second-order valence-corrected chi connectivity index (χ2v) is 13.6. The van der Waals surface area contributed by atoms with Crippen LogP contribution in [-0.4, -0.2) is 58.7 Å². The number of nitrogens with one attached hydrogen (secondary N) is 1. The van der Waals surface area contributed by atoms with Crippen LogP contribution in [0.25, 0.3) is 0 Å². The summed E-state index contributed by atoms with van der Waals surface area (Å²) in [5.74, 6) is -2.16. The van der Waals surface area contributed by atoms with E-state index >= 15 is 0 Å². The summed E-state index contributed by atoms with van der Waals surface area (Å²) >= 11 is 0. The van der Waals surface area contributed by atoms with Gasteiger partial charge in [-0.05, 0) is 100 Å². The third-order valence-electron chi connectivity index (χ3n) is 11.3. The van der Waals surface area contributed by atoms with E-state index in [1.807, 2.05) is 0 Å². The number of halogens is 1. The number of carbonyl (C=O) groups is 2. The lowest BCUT2D eigenvalue weighted by Gasteiger charge is -2.49. The summed E-state index contributed by atoms with van der Waals surface area (Å²) in [6, 6.07) is 0. The van der Waals surface area contributed by atoms with Gasteiger partial charge in [-0.1, -0.05) is 25.0 Å². The van der Waals surface area contributed by atoms with Gasteiger partial charge >= 0.3 is 11.9 Å². The largest absolute Gasteiger partial charge is 0.454 e. The number of hydrogen-bond acceptors (Lipinski definition) is 7. The molecule has 0 bridgehead atoms. The zero-order valence-electron chi connectivity index (χ0n) is 23.2. The van der Waals surface area contributed by atoms with Gasteiger partial charge in [-0.2, -0.15) is 0 Å². The molecule has 4 aliphatic carbocycles. The van der Waals surface area contributed by atoms with Crippen molar-refractivity contribution in [2.24, 2.45) is 22.7 Å². The Kier molecular flexibility index (Phi) is 6.90. The van der Waals surface area contributed by atoms with E-state index in [-0.39, 0.29) is 48.3 Å². The molecule has 0 spiro atoms. The number of rotatable bonds is 4. The van der Waals surface area contributed by atoms with Crippen molar-refractivity contribution in [3.05, 3.63) is 22.3 Å². The third-order valence-corrected chi connectivity index (χ3v) is 11.3. The van der Waals surface area contributed by atoms with Gasteiger partial charge in [-0.25, -0.2) is 0 Å². The molecule has 0 aromatic carbocycles.